The lowest BCUT2D eigenvalue weighted by atomic mass is 10.0. The number of ether oxygens (including phenoxy) is 1. The molecule has 1 N–H and O–H groups in total. The number of nitrogens with zero attached hydrogens (tertiary/aromatic N) is 1. The lowest BCUT2D eigenvalue weighted by molar-refractivity contribution is -0.914. The van der Waals surface area contributed by atoms with Gasteiger partial charge in [-0.25, -0.2) is 0 Å². The first-order chi connectivity index (χ1) is 12.0. The van der Waals surface area contributed by atoms with Gasteiger partial charge in [0.05, 0.1) is 33.3 Å². The van der Waals surface area contributed by atoms with Crippen LogP contribution in [-0.4, -0.2) is 33.3 Å². The van der Waals surface area contributed by atoms with Crippen molar-refractivity contribution < 1.29 is 9.64 Å². The zero-order chi connectivity index (χ0) is 18.0. The number of anilines is 1. The fourth-order valence-corrected chi connectivity index (χ4v) is 3.83. The van der Waals surface area contributed by atoms with E-state index in [9.17, 15) is 0 Å². The summed E-state index contributed by atoms with van der Waals surface area (Å²) >= 11 is 0. The van der Waals surface area contributed by atoms with Gasteiger partial charge in [-0.3, -0.25) is 0 Å². The Bertz CT molecular complexity index is 746. The van der Waals surface area contributed by atoms with Crippen LogP contribution in [0.3, 0.4) is 0 Å². The molecule has 1 aliphatic rings. The summed E-state index contributed by atoms with van der Waals surface area (Å²) in [6.07, 6.45) is 0. The second kappa shape index (κ2) is 7.49. The molecule has 2 aromatic carbocycles. The van der Waals surface area contributed by atoms with E-state index in [1.807, 2.05) is 0 Å². The van der Waals surface area contributed by atoms with Crippen molar-refractivity contribution >= 4 is 5.69 Å². The molecule has 134 valence electrons. The molecule has 1 saturated heterocycles. The van der Waals surface area contributed by atoms with E-state index in [2.05, 4.69) is 62.9 Å². The summed E-state index contributed by atoms with van der Waals surface area (Å²) < 4.78 is 5.44. The van der Waals surface area contributed by atoms with Crippen LogP contribution in [0.1, 0.15) is 27.8 Å². The molecule has 0 spiro atoms. The fourth-order valence-electron chi connectivity index (χ4n) is 3.83. The summed E-state index contributed by atoms with van der Waals surface area (Å²) in [5.74, 6) is 0.996. The van der Waals surface area contributed by atoms with Gasteiger partial charge in [0.15, 0.2) is 0 Å². The van der Waals surface area contributed by atoms with Crippen molar-refractivity contribution in [3.05, 3.63) is 58.1 Å². The van der Waals surface area contributed by atoms with Crippen LogP contribution >= 0.6 is 0 Å². The Kier molecular flexibility index (Phi) is 5.33. The fraction of sp³-hybridized carbons (Fsp3) is 0.455. The van der Waals surface area contributed by atoms with Gasteiger partial charge < -0.3 is 14.5 Å². The molecule has 0 saturated carbocycles. The highest BCUT2D eigenvalue weighted by Crippen LogP contribution is 2.23. The molecule has 0 unspecified atom stereocenters. The SMILES string of the molecule is COc1cc(C)c(C[NH+]2CCN(c3cc(C)ccc3C)CC2)cc1C. The van der Waals surface area contributed by atoms with E-state index in [1.165, 1.54) is 46.6 Å². The Balaban J connectivity index is 1.65. The van der Waals surface area contributed by atoms with Crippen LogP contribution in [0.25, 0.3) is 0 Å². The van der Waals surface area contributed by atoms with Crippen molar-refractivity contribution in [2.24, 2.45) is 0 Å². The average Bonchev–Trinajstić information content (AvgIpc) is 2.60. The van der Waals surface area contributed by atoms with Gasteiger partial charge in [-0.05, 0) is 68.1 Å². The quantitative estimate of drug-likeness (QED) is 0.922. The Morgan fingerprint density at radius 3 is 2.32 bits per heavy atom. The zero-order valence-corrected chi connectivity index (χ0v) is 16.3. The smallest absolute Gasteiger partial charge is 0.122 e. The van der Waals surface area contributed by atoms with E-state index in [4.69, 9.17) is 4.74 Å². The van der Waals surface area contributed by atoms with Gasteiger partial charge in [0.25, 0.3) is 0 Å². The normalized spacial score (nSPS) is 15.5. The summed E-state index contributed by atoms with van der Waals surface area (Å²) in [6, 6.07) is 11.3. The molecule has 1 fully saturated rings. The van der Waals surface area contributed by atoms with Crippen LogP contribution in [0.2, 0.25) is 0 Å². The van der Waals surface area contributed by atoms with Crippen molar-refractivity contribution in [3.8, 4) is 5.75 Å². The van der Waals surface area contributed by atoms with Crippen LogP contribution in [0.15, 0.2) is 30.3 Å². The number of quaternary nitrogens is 1. The topological polar surface area (TPSA) is 16.9 Å². The van der Waals surface area contributed by atoms with Gasteiger partial charge in [0.2, 0.25) is 0 Å². The van der Waals surface area contributed by atoms with E-state index in [-0.39, 0.29) is 0 Å². The maximum Gasteiger partial charge on any atom is 0.122 e. The van der Waals surface area contributed by atoms with Crippen LogP contribution in [0.5, 0.6) is 5.75 Å². The lowest BCUT2D eigenvalue weighted by Crippen LogP contribution is -3.13. The molecule has 0 aliphatic carbocycles. The van der Waals surface area contributed by atoms with Crippen LogP contribution < -0.4 is 14.5 Å². The summed E-state index contributed by atoms with van der Waals surface area (Å²) in [7, 11) is 1.75. The molecular formula is C22H31N2O+. The van der Waals surface area contributed by atoms with Crippen LogP contribution in [0.4, 0.5) is 5.69 Å². The number of methoxy groups -OCH3 is 1. The number of benzene rings is 2. The summed E-state index contributed by atoms with van der Waals surface area (Å²) in [4.78, 5) is 4.23. The van der Waals surface area contributed by atoms with E-state index in [0.717, 1.165) is 25.4 Å². The van der Waals surface area contributed by atoms with Crippen molar-refractivity contribution in [2.75, 3.05) is 38.2 Å². The van der Waals surface area contributed by atoms with Crippen molar-refractivity contribution in [2.45, 2.75) is 34.2 Å². The second-order valence-corrected chi connectivity index (χ2v) is 7.45. The van der Waals surface area contributed by atoms with Crippen molar-refractivity contribution in [1.82, 2.24) is 0 Å². The maximum atomic E-state index is 5.44. The predicted molar refractivity (Wildman–Crippen MR) is 105 cm³/mol. The van der Waals surface area contributed by atoms with Gasteiger partial charge in [-0.15, -0.1) is 0 Å². The number of hydrogen-bond acceptors (Lipinski definition) is 2. The first-order valence-electron chi connectivity index (χ1n) is 9.28. The number of rotatable bonds is 4. The molecule has 0 aromatic heterocycles. The average molecular weight is 340 g/mol. The molecule has 0 atom stereocenters. The second-order valence-electron chi connectivity index (χ2n) is 7.45. The molecule has 3 heteroatoms. The Morgan fingerprint density at radius 2 is 1.64 bits per heavy atom. The van der Waals surface area contributed by atoms with Crippen molar-refractivity contribution in [3.63, 3.8) is 0 Å². The van der Waals surface area contributed by atoms with Gasteiger partial charge in [0, 0.05) is 11.3 Å². The molecular weight excluding hydrogens is 308 g/mol. The van der Waals surface area contributed by atoms with Gasteiger partial charge in [0.1, 0.15) is 12.3 Å². The molecule has 0 bridgehead atoms. The number of hydrogen-bond donors (Lipinski definition) is 1. The third-order valence-electron chi connectivity index (χ3n) is 5.47. The molecule has 1 heterocycles. The Labute approximate surface area is 152 Å². The van der Waals surface area contributed by atoms with Gasteiger partial charge in [-0.2, -0.15) is 0 Å². The number of aryl methyl sites for hydroxylation is 4. The van der Waals surface area contributed by atoms with E-state index < -0.39 is 0 Å². The summed E-state index contributed by atoms with van der Waals surface area (Å²) in [6.45, 7) is 14.5. The lowest BCUT2D eigenvalue weighted by Gasteiger charge is -2.35. The highest BCUT2D eigenvalue weighted by Gasteiger charge is 2.22. The Hall–Kier alpha value is -2.00. The third-order valence-corrected chi connectivity index (χ3v) is 5.47. The molecule has 0 amide bonds. The van der Waals surface area contributed by atoms with Gasteiger partial charge >= 0.3 is 0 Å². The highest BCUT2D eigenvalue weighted by atomic mass is 16.5. The predicted octanol–water partition coefficient (Wildman–Crippen LogP) is 2.83. The number of piperazine rings is 1. The summed E-state index contributed by atoms with van der Waals surface area (Å²) in [5.41, 5.74) is 8.17. The zero-order valence-electron chi connectivity index (χ0n) is 16.3. The standard InChI is InChI=1S/C22H30N2O/c1-16-6-7-17(2)21(12-16)24-10-8-23(9-11-24)15-20-13-19(4)22(25-5)14-18(20)3/h6-7,12-14H,8-11,15H2,1-5H3/p+1. The minimum absolute atomic E-state index is 0.996. The minimum Gasteiger partial charge on any atom is -0.496 e. The minimum atomic E-state index is 0.996. The monoisotopic (exact) mass is 339 g/mol. The molecule has 2 aromatic rings. The first kappa shape index (κ1) is 17.8. The molecule has 25 heavy (non-hydrogen) atoms. The largest absolute Gasteiger partial charge is 0.496 e. The first-order valence-corrected chi connectivity index (χ1v) is 9.28. The Morgan fingerprint density at radius 1 is 0.920 bits per heavy atom. The third kappa shape index (κ3) is 3.98. The van der Waals surface area contributed by atoms with E-state index in [1.54, 1.807) is 12.0 Å². The molecule has 3 nitrogen and oxygen atoms in total. The molecule has 1 aliphatic heterocycles. The van der Waals surface area contributed by atoms with E-state index >= 15 is 0 Å². The summed E-state index contributed by atoms with van der Waals surface area (Å²) in [5, 5.41) is 0. The van der Waals surface area contributed by atoms with Crippen LogP contribution in [-0.2, 0) is 6.54 Å². The molecule has 3 rings (SSSR count). The number of nitrogens with one attached hydrogen (secondary N) is 1. The molecule has 0 radical (unpaired) electrons. The van der Waals surface area contributed by atoms with Crippen molar-refractivity contribution in [1.29, 1.82) is 0 Å². The van der Waals surface area contributed by atoms with Crippen LogP contribution in [0, 0.1) is 27.7 Å². The maximum absolute atomic E-state index is 5.44. The van der Waals surface area contributed by atoms with Gasteiger partial charge in [-0.1, -0.05) is 12.1 Å². The van der Waals surface area contributed by atoms with E-state index in [0.29, 0.717) is 0 Å². The highest BCUT2D eigenvalue weighted by molar-refractivity contribution is 5.55.